The second-order valence-electron chi connectivity index (χ2n) is 5.55. The van der Waals surface area contributed by atoms with Crippen molar-refractivity contribution in [3.05, 3.63) is 54.0 Å². The molecule has 2 heterocycles. The van der Waals surface area contributed by atoms with E-state index in [2.05, 4.69) is 34.4 Å². The summed E-state index contributed by atoms with van der Waals surface area (Å²) in [7, 11) is 0. The molecule has 0 aliphatic rings. The van der Waals surface area contributed by atoms with Crippen LogP contribution in [0.3, 0.4) is 0 Å². The van der Waals surface area contributed by atoms with Gasteiger partial charge in [0.15, 0.2) is 0 Å². The molecule has 3 aromatic rings. The Labute approximate surface area is 138 Å². The first-order valence-corrected chi connectivity index (χ1v) is 7.83. The smallest absolute Gasteiger partial charge is 0.267 e. The Bertz CT molecular complexity index is 832. The molecule has 0 saturated carbocycles. The van der Waals surface area contributed by atoms with Crippen molar-refractivity contribution in [2.45, 2.75) is 25.8 Å². The quantitative estimate of drug-likeness (QED) is 0.369. The van der Waals surface area contributed by atoms with E-state index in [0.29, 0.717) is 5.69 Å². The van der Waals surface area contributed by atoms with E-state index in [1.54, 1.807) is 16.4 Å². The molecule has 0 fully saturated rings. The van der Waals surface area contributed by atoms with E-state index < -0.39 is 5.91 Å². The number of H-pyrrole nitrogens is 1. The lowest BCUT2D eigenvalue weighted by molar-refractivity contribution is -0.124. The van der Waals surface area contributed by atoms with Crippen LogP contribution >= 0.6 is 0 Å². The average molecular weight is 325 g/mol. The van der Waals surface area contributed by atoms with Gasteiger partial charge in [0.05, 0.1) is 12.2 Å². The Balaban J connectivity index is 1.89. The number of hydrogen-bond donors (Lipinski definition) is 3. The first kappa shape index (κ1) is 15.9. The summed E-state index contributed by atoms with van der Waals surface area (Å²) in [6.07, 6.45) is 6.40. The second-order valence-corrected chi connectivity index (χ2v) is 5.55. The van der Waals surface area contributed by atoms with E-state index in [4.69, 9.17) is 5.21 Å². The number of nitrogens with zero attached hydrogens (tertiary/aromatic N) is 3. The summed E-state index contributed by atoms with van der Waals surface area (Å²) in [5, 5.41) is 17.9. The van der Waals surface area contributed by atoms with Crippen LogP contribution in [0.1, 0.15) is 37.2 Å². The molecule has 0 bridgehead atoms. The number of para-hydroxylation sites is 1. The lowest BCUT2D eigenvalue weighted by Crippen LogP contribution is -2.14. The fraction of sp³-hybridized carbons (Fsp3) is 0.235. The van der Waals surface area contributed by atoms with Crippen molar-refractivity contribution in [3.8, 4) is 0 Å². The maximum atomic E-state index is 11.0. The molecule has 1 amide bonds. The third-order valence-electron chi connectivity index (χ3n) is 3.83. The Morgan fingerprint density at radius 2 is 2.29 bits per heavy atom. The monoisotopic (exact) mass is 325 g/mol. The van der Waals surface area contributed by atoms with E-state index in [0.717, 1.165) is 29.4 Å². The zero-order valence-corrected chi connectivity index (χ0v) is 13.3. The van der Waals surface area contributed by atoms with Gasteiger partial charge in [0.25, 0.3) is 5.91 Å². The number of hydroxylamine groups is 1. The minimum absolute atomic E-state index is 0.0451. The lowest BCUT2D eigenvalue weighted by Gasteiger charge is -2.14. The minimum Gasteiger partial charge on any atom is -0.357 e. The summed E-state index contributed by atoms with van der Waals surface area (Å²) in [6.45, 7) is 2.12. The summed E-state index contributed by atoms with van der Waals surface area (Å²) in [5.74, 6) is -0.606. The molecule has 1 unspecified atom stereocenters. The molecule has 2 aromatic heterocycles. The maximum absolute atomic E-state index is 11.0. The molecule has 24 heavy (non-hydrogen) atoms. The predicted octanol–water partition coefficient (Wildman–Crippen LogP) is 2.67. The summed E-state index contributed by atoms with van der Waals surface area (Å²) in [4.78, 5) is 14.5. The van der Waals surface area contributed by atoms with Crippen LogP contribution in [0, 0.1) is 0 Å². The first-order chi connectivity index (χ1) is 11.7. The Hall–Kier alpha value is -2.93. The van der Waals surface area contributed by atoms with Crippen LogP contribution in [-0.4, -0.2) is 31.1 Å². The number of carbonyl (C=O) groups is 1. The van der Waals surface area contributed by atoms with Gasteiger partial charge in [-0.05, 0) is 30.0 Å². The highest BCUT2D eigenvalue weighted by Crippen LogP contribution is 2.26. The number of amides is 1. The van der Waals surface area contributed by atoms with Gasteiger partial charge in [-0.3, -0.25) is 10.0 Å². The van der Waals surface area contributed by atoms with Gasteiger partial charge in [0, 0.05) is 17.3 Å². The molecule has 7 heteroatoms. The van der Waals surface area contributed by atoms with E-state index >= 15 is 0 Å². The summed E-state index contributed by atoms with van der Waals surface area (Å²) < 4.78 is 1.80. The molecule has 0 aliphatic heterocycles. The molecule has 3 N–H and O–H groups in total. The number of rotatable bonds is 6. The normalized spacial score (nSPS) is 12.8. The Kier molecular flexibility index (Phi) is 4.72. The van der Waals surface area contributed by atoms with Crippen LogP contribution in [0.25, 0.3) is 17.0 Å². The van der Waals surface area contributed by atoms with Crippen molar-refractivity contribution in [3.63, 3.8) is 0 Å². The van der Waals surface area contributed by atoms with Crippen LogP contribution < -0.4 is 5.48 Å². The van der Waals surface area contributed by atoms with Gasteiger partial charge < -0.3 is 4.98 Å². The topological polar surface area (TPSA) is 95.8 Å². The van der Waals surface area contributed by atoms with Gasteiger partial charge in [-0.25, -0.2) is 10.2 Å². The summed E-state index contributed by atoms with van der Waals surface area (Å²) >= 11 is 0. The molecule has 0 radical (unpaired) electrons. The van der Waals surface area contributed by atoms with Gasteiger partial charge in [-0.2, -0.15) is 0 Å². The molecule has 7 nitrogen and oxygen atoms in total. The highest BCUT2D eigenvalue weighted by molar-refractivity contribution is 5.90. The maximum Gasteiger partial charge on any atom is 0.267 e. The van der Waals surface area contributed by atoms with Crippen LogP contribution in [-0.2, 0) is 4.79 Å². The van der Waals surface area contributed by atoms with Crippen molar-refractivity contribution in [1.29, 1.82) is 0 Å². The fourth-order valence-electron chi connectivity index (χ4n) is 2.70. The molecule has 0 saturated heterocycles. The second kappa shape index (κ2) is 7.10. The van der Waals surface area contributed by atoms with Crippen molar-refractivity contribution < 1.29 is 10.0 Å². The van der Waals surface area contributed by atoms with Gasteiger partial charge in [0.1, 0.15) is 5.69 Å². The number of aromatic amines is 1. The van der Waals surface area contributed by atoms with E-state index in [9.17, 15) is 4.79 Å². The summed E-state index contributed by atoms with van der Waals surface area (Å²) in [6, 6.07) is 10.3. The van der Waals surface area contributed by atoms with Crippen LogP contribution in [0.2, 0.25) is 0 Å². The zero-order chi connectivity index (χ0) is 16.9. The fourth-order valence-corrected chi connectivity index (χ4v) is 2.70. The highest BCUT2D eigenvalue weighted by Gasteiger charge is 2.17. The van der Waals surface area contributed by atoms with Gasteiger partial charge in [0.2, 0.25) is 0 Å². The predicted molar refractivity (Wildman–Crippen MR) is 90.3 cm³/mol. The standard InChI is InChI=1S/C17H19N5O2/c1-2-5-16(15-10-12-6-3-4-7-14(12)18-15)22-11-13(19-21-22)8-9-17(23)20-24/h3-4,6-11,16,18,24H,2,5H2,1H3,(H,20,23). The minimum atomic E-state index is -0.606. The van der Waals surface area contributed by atoms with Crippen LogP contribution in [0.15, 0.2) is 42.6 Å². The van der Waals surface area contributed by atoms with Gasteiger partial charge >= 0.3 is 0 Å². The largest absolute Gasteiger partial charge is 0.357 e. The third kappa shape index (κ3) is 3.36. The number of fused-ring (bicyclic) bond motifs is 1. The number of nitrogens with one attached hydrogen (secondary N) is 2. The van der Waals surface area contributed by atoms with E-state index in [1.165, 1.54) is 12.2 Å². The van der Waals surface area contributed by atoms with Crippen molar-refractivity contribution >= 4 is 22.9 Å². The zero-order valence-electron chi connectivity index (χ0n) is 13.3. The molecule has 3 rings (SSSR count). The molecule has 124 valence electrons. The van der Waals surface area contributed by atoms with Crippen molar-refractivity contribution in [2.75, 3.05) is 0 Å². The SMILES string of the molecule is CCCC(c1cc2ccccc2[nH]1)n1cc(C=CC(=O)NO)nn1. The van der Waals surface area contributed by atoms with Gasteiger partial charge in [-0.15, -0.1) is 5.10 Å². The third-order valence-corrected chi connectivity index (χ3v) is 3.83. The molecular formula is C17H19N5O2. The summed E-state index contributed by atoms with van der Waals surface area (Å²) in [5.41, 5.74) is 4.26. The molecular weight excluding hydrogens is 306 g/mol. The van der Waals surface area contributed by atoms with E-state index in [-0.39, 0.29) is 6.04 Å². The molecule has 0 spiro atoms. The van der Waals surface area contributed by atoms with Crippen LogP contribution in [0.4, 0.5) is 0 Å². The number of aromatic nitrogens is 4. The Morgan fingerprint density at radius 1 is 1.46 bits per heavy atom. The number of hydrogen-bond acceptors (Lipinski definition) is 4. The highest BCUT2D eigenvalue weighted by atomic mass is 16.5. The first-order valence-electron chi connectivity index (χ1n) is 7.83. The number of carbonyl (C=O) groups excluding carboxylic acids is 1. The average Bonchev–Trinajstić information content (AvgIpc) is 3.24. The lowest BCUT2D eigenvalue weighted by atomic mass is 10.1. The van der Waals surface area contributed by atoms with Crippen LogP contribution in [0.5, 0.6) is 0 Å². The molecule has 0 aliphatic carbocycles. The molecule has 1 atom stereocenters. The molecule has 1 aromatic carbocycles. The van der Waals surface area contributed by atoms with Crippen molar-refractivity contribution in [2.24, 2.45) is 0 Å². The van der Waals surface area contributed by atoms with Crippen molar-refractivity contribution in [1.82, 2.24) is 25.5 Å². The van der Waals surface area contributed by atoms with Gasteiger partial charge in [-0.1, -0.05) is 36.8 Å². The van der Waals surface area contributed by atoms with E-state index in [1.807, 2.05) is 18.2 Å². The Morgan fingerprint density at radius 3 is 3.04 bits per heavy atom. The number of benzene rings is 1.